The van der Waals surface area contributed by atoms with E-state index < -0.39 is 15.8 Å². The molecule has 1 atom stereocenters. The highest BCUT2D eigenvalue weighted by molar-refractivity contribution is 7.89. The SMILES string of the molecule is NS(=O)(=O)c1ccc(F)cc1C[C@@H]1CCN(CCO)C1. The van der Waals surface area contributed by atoms with Gasteiger partial charge in [0.25, 0.3) is 0 Å². The summed E-state index contributed by atoms with van der Waals surface area (Å²) < 4.78 is 36.4. The van der Waals surface area contributed by atoms with E-state index in [1.807, 2.05) is 0 Å². The summed E-state index contributed by atoms with van der Waals surface area (Å²) in [4.78, 5) is 2.11. The van der Waals surface area contributed by atoms with Crippen molar-refractivity contribution in [3.8, 4) is 0 Å². The molecule has 2 rings (SSSR count). The Hall–Kier alpha value is -1.02. The molecule has 1 heterocycles. The molecular formula is C13H19FN2O3S. The van der Waals surface area contributed by atoms with Gasteiger partial charge in [-0.05, 0) is 49.1 Å². The van der Waals surface area contributed by atoms with Crippen LogP contribution in [-0.4, -0.2) is 44.7 Å². The topological polar surface area (TPSA) is 83.6 Å². The van der Waals surface area contributed by atoms with Gasteiger partial charge in [0.2, 0.25) is 10.0 Å². The fourth-order valence-corrected chi connectivity index (χ4v) is 3.49. The minimum absolute atomic E-state index is 0.000455. The van der Waals surface area contributed by atoms with E-state index >= 15 is 0 Å². The van der Waals surface area contributed by atoms with Gasteiger partial charge < -0.3 is 10.0 Å². The molecule has 1 aliphatic heterocycles. The fourth-order valence-electron chi connectivity index (χ4n) is 2.72. The molecule has 0 aromatic heterocycles. The van der Waals surface area contributed by atoms with Crippen LogP contribution < -0.4 is 5.14 Å². The molecule has 1 aromatic carbocycles. The summed E-state index contributed by atoms with van der Waals surface area (Å²) in [6.07, 6.45) is 1.38. The van der Waals surface area contributed by atoms with Crippen LogP contribution in [0.1, 0.15) is 12.0 Å². The molecule has 0 amide bonds. The van der Waals surface area contributed by atoms with Crippen molar-refractivity contribution >= 4 is 10.0 Å². The predicted octanol–water partition coefficient (Wildman–Crippen LogP) is 0.330. The van der Waals surface area contributed by atoms with E-state index in [0.29, 0.717) is 18.5 Å². The van der Waals surface area contributed by atoms with Crippen LogP contribution >= 0.6 is 0 Å². The van der Waals surface area contributed by atoms with Crippen LogP contribution in [0, 0.1) is 11.7 Å². The lowest BCUT2D eigenvalue weighted by atomic mass is 9.98. The molecule has 0 unspecified atom stereocenters. The molecule has 20 heavy (non-hydrogen) atoms. The molecule has 1 saturated heterocycles. The first-order valence-electron chi connectivity index (χ1n) is 6.54. The number of hydrogen-bond acceptors (Lipinski definition) is 4. The van der Waals surface area contributed by atoms with Crippen LogP contribution in [0.25, 0.3) is 0 Å². The molecule has 1 aromatic rings. The zero-order valence-electron chi connectivity index (χ0n) is 11.1. The number of halogens is 1. The average Bonchev–Trinajstić information content (AvgIpc) is 2.75. The molecule has 5 nitrogen and oxygen atoms in total. The van der Waals surface area contributed by atoms with E-state index in [0.717, 1.165) is 25.6 Å². The lowest BCUT2D eigenvalue weighted by Gasteiger charge is -2.15. The molecule has 0 bridgehead atoms. The van der Waals surface area contributed by atoms with Crippen molar-refractivity contribution in [1.29, 1.82) is 0 Å². The molecule has 0 aliphatic carbocycles. The Bertz CT molecular complexity index is 577. The van der Waals surface area contributed by atoms with Gasteiger partial charge in [-0.2, -0.15) is 0 Å². The van der Waals surface area contributed by atoms with Gasteiger partial charge in [0, 0.05) is 13.1 Å². The van der Waals surface area contributed by atoms with Crippen molar-refractivity contribution < 1.29 is 17.9 Å². The van der Waals surface area contributed by atoms with Gasteiger partial charge >= 0.3 is 0 Å². The second-order valence-electron chi connectivity index (χ2n) is 5.18. The van der Waals surface area contributed by atoms with Crippen molar-refractivity contribution in [2.24, 2.45) is 11.1 Å². The maximum Gasteiger partial charge on any atom is 0.238 e. The summed E-state index contributed by atoms with van der Waals surface area (Å²) in [7, 11) is -3.84. The minimum atomic E-state index is -3.84. The highest BCUT2D eigenvalue weighted by atomic mass is 32.2. The van der Waals surface area contributed by atoms with Crippen LogP contribution in [0.2, 0.25) is 0 Å². The Balaban J connectivity index is 2.15. The second kappa shape index (κ2) is 6.17. The number of aliphatic hydroxyl groups excluding tert-OH is 1. The third-order valence-corrected chi connectivity index (χ3v) is 4.64. The van der Waals surface area contributed by atoms with Crippen LogP contribution in [0.5, 0.6) is 0 Å². The van der Waals surface area contributed by atoms with Crippen molar-refractivity contribution in [2.45, 2.75) is 17.7 Å². The van der Waals surface area contributed by atoms with E-state index in [1.54, 1.807) is 0 Å². The number of rotatable bonds is 5. The molecule has 0 saturated carbocycles. The number of primary sulfonamides is 1. The second-order valence-corrected chi connectivity index (χ2v) is 6.71. The highest BCUT2D eigenvalue weighted by Crippen LogP contribution is 2.24. The summed E-state index contributed by atoms with van der Waals surface area (Å²) in [5, 5.41) is 14.1. The summed E-state index contributed by atoms with van der Waals surface area (Å²) in [5.74, 6) is -0.207. The Kier molecular flexibility index (Phi) is 4.74. The number of aliphatic hydroxyl groups is 1. The Labute approximate surface area is 118 Å². The molecular weight excluding hydrogens is 283 g/mol. The summed E-state index contributed by atoms with van der Waals surface area (Å²) in [5.41, 5.74) is 0.434. The average molecular weight is 302 g/mol. The first-order chi connectivity index (χ1) is 9.40. The molecule has 1 aliphatic rings. The van der Waals surface area contributed by atoms with Crippen molar-refractivity contribution in [1.82, 2.24) is 4.90 Å². The third-order valence-electron chi connectivity index (χ3n) is 3.62. The molecule has 1 fully saturated rings. The van der Waals surface area contributed by atoms with E-state index in [-0.39, 0.29) is 17.4 Å². The maximum absolute atomic E-state index is 13.3. The smallest absolute Gasteiger partial charge is 0.238 e. The van der Waals surface area contributed by atoms with Crippen molar-refractivity contribution in [3.63, 3.8) is 0 Å². The summed E-state index contributed by atoms with van der Waals surface area (Å²) in [6.45, 7) is 2.36. The van der Waals surface area contributed by atoms with E-state index in [4.69, 9.17) is 10.2 Å². The van der Waals surface area contributed by atoms with Gasteiger partial charge in [0.1, 0.15) is 5.82 Å². The largest absolute Gasteiger partial charge is 0.395 e. The van der Waals surface area contributed by atoms with Gasteiger partial charge in [0.15, 0.2) is 0 Å². The highest BCUT2D eigenvalue weighted by Gasteiger charge is 2.24. The maximum atomic E-state index is 13.3. The lowest BCUT2D eigenvalue weighted by molar-refractivity contribution is 0.217. The van der Waals surface area contributed by atoms with Gasteiger partial charge in [-0.3, -0.25) is 0 Å². The van der Waals surface area contributed by atoms with Gasteiger partial charge in [0.05, 0.1) is 11.5 Å². The van der Waals surface area contributed by atoms with E-state index in [2.05, 4.69) is 4.90 Å². The number of benzene rings is 1. The number of hydrogen-bond donors (Lipinski definition) is 2. The number of β-amino-alcohol motifs (C(OH)–C–C–N with tert-alkyl or cyclic N) is 1. The first kappa shape index (κ1) is 15.4. The standard InChI is InChI=1S/C13H19FN2O3S/c14-12-1-2-13(20(15,18)19)11(8-12)7-10-3-4-16(9-10)5-6-17/h1-2,8,10,17H,3-7,9H2,(H2,15,18,19)/t10-/m0/s1. The minimum Gasteiger partial charge on any atom is -0.395 e. The molecule has 0 radical (unpaired) electrons. The third kappa shape index (κ3) is 3.76. The Morgan fingerprint density at radius 2 is 2.20 bits per heavy atom. The molecule has 112 valence electrons. The normalized spacial score (nSPS) is 20.4. The van der Waals surface area contributed by atoms with Crippen molar-refractivity contribution in [3.05, 3.63) is 29.6 Å². The first-order valence-corrected chi connectivity index (χ1v) is 8.09. The van der Waals surface area contributed by atoms with Gasteiger partial charge in [-0.15, -0.1) is 0 Å². The zero-order valence-corrected chi connectivity index (χ0v) is 11.9. The quantitative estimate of drug-likeness (QED) is 0.821. The van der Waals surface area contributed by atoms with Crippen LogP contribution in [0.3, 0.4) is 0 Å². The Morgan fingerprint density at radius 3 is 2.85 bits per heavy atom. The van der Waals surface area contributed by atoms with Gasteiger partial charge in [-0.1, -0.05) is 0 Å². The van der Waals surface area contributed by atoms with Crippen molar-refractivity contribution in [2.75, 3.05) is 26.2 Å². The molecule has 7 heteroatoms. The Morgan fingerprint density at radius 1 is 1.45 bits per heavy atom. The number of nitrogens with two attached hydrogens (primary N) is 1. The number of nitrogens with zero attached hydrogens (tertiary/aromatic N) is 1. The van der Waals surface area contributed by atoms with Crippen LogP contribution in [0.4, 0.5) is 4.39 Å². The van der Waals surface area contributed by atoms with E-state index in [1.165, 1.54) is 12.1 Å². The van der Waals surface area contributed by atoms with E-state index in [9.17, 15) is 12.8 Å². The van der Waals surface area contributed by atoms with Crippen LogP contribution in [0.15, 0.2) is 23.1 Å². The predicted molar refractivity (Wildman–Crippen MR) is 73.1 cm³/mol. The van der Waals surface area contributed by atoms with Gasteiger partial charge in [-0.25, -0.2) is 17.9 Å². The zero-order chi connectivity index (χ0) is 14.8. The molecule has 3 N–H and O–H groups in total. The lowest BCUT2D eigenvalue weighted by Crippen LogP contribution is -2.24. The number of likely N-dealkylation sites (tertiary alicyclic amines) is 1. The fraction of sp³-hybridized carbons (Fsp3) is 0.538. The van der Waals surface area contributed by atoms with Crippen LogP contribution in [-0.2, 0) is 16.4 Å². The summed E-state index contributed by atoms with van der Waals surface area (Å²) >= 11 is 0. The summed E-state index contributed by atoms with van der Waals surface area (Å²) in [6, 6.07) is 3.57. The molecule has 0 spiro atoms. The number of sulfonamides is 1. The monoisotopic (exact) mass is 302 g/mol.